The van der Waals surface area contributed by atoms with E-state index in [0.717, 1.165) is 0 Å². The van der Waals surface area contributed by atoms with E-state index in [0.29, 0.717) is 32.8 Å². The maximum Gasteiger partial charge on any atom is 0.337 e. The SMILES string of the molecule is O=C(COCC(=O)Nc1c([131I])cc([131I])c(C(=O)O)c1[131I])Nc1c([131I])cc([131I])c(C(=O)O)c1[131I]. The average molecular weight is 1150 g/mol. The van der Waals surface area contributed by atoms with Crippen LogP contribution in [0, 0.1) is 21.4 Å². The summed E-state index contributed by atoms with van der Waals surface area (Å²) in [6, 6.07) is 3.29. The minimum atomic E-state index is -1.10. The van der Waals surface area contributed by atoms with Gasteiger partial charge in [0.15, 0.2) is 0 Å². The number of hydrogen-bond acceptors (Lipinski definition) is 5. The highest BCUT2D eigenvalue weighted by molar-refractivity contribution is 14.1. The zero-order chi connectivity index (χ0) is 25.0. The summed E-state index contributed by atoms with van der Waals surface area (Å²) in [7, 11) is 0. The fraction of sp³-hybridized carbons (Fsp3) is 0.111. The summed E-state index contributed by atoms with van der Waals surface area (Å²) in [4.78, 5) is 47.6. The highest BCUT2D eigenvalue weighted by Crippen LogP contribution is 2.33. The van der Waals surface area contributed by atoms with Crippen LogP contribution in [0.4, 0.5) is 11.4 Å². The molecule has 176 valence electrons. The molecule has 0 aromatic heterocycles. The fourth-order valence-corrected chi connectivity index (χ4v) is 10.6. The number of aromatic carboxylic acids is 2. The van der Waals surface area contributed by atoms with E-state index in [2.05, 4.69) is 10.6 Å². The Labute approximate surface area is 269 Å². The van der Waals surface area contributed by atoms with Crippen molar-refractivity contribution >= 4 is 171 Å². The van der Waals surface area contributed by atoms with Crippen LogP contribution in [0.25, 0.3) is 0 Å². The molecule has 4 N–H and O–H groups in total. The number of amides is 2. The third kappa shape index (κ3) is 7.82. The molecule has 0 unspecified atom stereocenters. The molecule has 0 saturated carbocycles. The summed E-state index contributed by atoms with van der Waals surface area (Å²) in [5.41, 5.74) is 0.900. The van der Waals surface area contributed by atoms with Crippen LogP contribution in [0.5, 0.6) is 0 Å². The van der Waals surface area contributed by atoms with Crippen LogP contribution >= 0.6 is 136 Å². The van der Waals surface area contributed by atoms with E-state index >= 15 is 0 Å². The second kappa shape index (κ2) is 13.3. The summed E-state index contributed by atoms with van der Waals surface area (Å²) < 4.78 is 8.39. The maximum absolute atomic E-state index is 12.3. The molecular formula is C18H10I6N2O7. The van der Waals surface area contributed by atoms with E-state index < -0.39 is 37.0 Å². The predicted molar refractivity (Wildman–Crippen MR) is 171 cm³/mol. The van der Waals surface area contributed by atoms with Crippen LogP contribution < -0.4 is 10.6 Å². The molecule has 0 atom stereocenters. The number of nitrogens with one attached hydrogen (secondary N) is 2. The van der Waals surface area contributed by atoms with Crippen molar-refractivity contribution < 1.29 is 34.1 Å². The minimum Gasteiger partial charge on any atom is -0.478 e. The zero-order valence-corrected chi connectivity index (χ0v) is 28.7. The number of carbonyl (C=O) groups is 4. The molecule has 0 saturated heterocycles. The van der Waals surface area contributed by atoms with Gasteiger partial charge < -0.3 is 25.6 Å². The van der Waals surface area contributed by atoms with Gasteiger partial charge >= 0.3 is 11.9 Å². The van der Waals surface area contributed by atoms with Gasteiger partial charge in [0.25, 0.3) is 0 Å². The molecule has 0 aliphatic heterocycles. The highest BCUT2D eigenvalue weighted by atomic mass is 131. The highest BCUT2D eigenvalue weighted by Gasteiger charge is 2.22. The van der Waals surface area contributed by atoms with Crippen LogP contribution in [0.15, 0.2) is 12.1 Å². The third-order valence-electron chi connectivity index (χ3n) is 3.76. The molecule has 9 nitrogen and oxygen atoms in total. The predicted octanol–water partition coefficient (Wildman–Crippen LogP) is 5.30. The summed E-state index contributed by atoms with van der Waals surface area (Å²) in [6.45, 7) is -0.871. The zero-order valence-electron chi connectivity index (χ0n) is 15.8. The Bertz CT molecular complexity index is 1080. The average Bonchev–Trinajstić information content (AvgIpc) is 2.67. The second-order valence-electron chi connectivity index (χ2n) is 6.01. The molecule has 0 spiro atoms. The number of ether oxygens (including phenoxy) is 1. The lowest BCUT2D eigenvalue weighted by atomic mass is 10.2. The molecule has 2 aromatic carbocycles. The number of benzene rings is 2. The Kier molecular flexibility index (Phi) is 12.0. The van der Waals surface area contributed by atoms with Crippen LogP contribution in [-0.4, -0.2) is 47.2 Å². The van der Waals surface area contributed by atoms with Gasteiger partial charge in [-0.25, -0.2) is 9.59 Å². The van der Waals surface area contributed by atoms with E-state index in [4.69, 9.17) is 4.74 Å². The molecule has 0 aliphatic carbocycles. The van der Waals surface area contributed by atoms with Crippen LogP contribution in [0.1, 0.15) is 20.7 Å². The number of halogens is 6. The molecule has 2 aromatic rings. The van der Waals surface area contributed by atoms with Crippen molar-refractivity contribution in [1.82, 2.24) is 0 Å². The Hall–Kier alpha value is 0.660. The van der Waals surface area contributed by atoms with E-state index in [1.165, 1.54) is 0 Å². The maximum atomic E-state index is 12.3. The molecule has 2 rings (SSSR count). The van der Waals surface area contributed by atoms with E-state index in [1.807, 2.05) is 136 Å². The molecule has 15 heteroatoms. The number of rotatable bonds is 8. The first-order valence-electron chi connectivity index (χ1n) is 8.34. The lowest BCUT2D eigenvalue weighted by molar-refractivity contribution is -0.125. The molecule has 0 heterocycles. The number of carboxylic acid groups (broad SMARTS) is 2. The normalized spacial score (nSPS) is 10.6. The smallest absolute Gasteiger partial charge is 0.337 e. The van der Waals surface area contributed by atoms with Gasteiger partial charge in [0, 0.05) is 14.3 Å². The minimum absolute atomic E-state index is 0.0923. The first-order valence-corrected chi connectivity index (χ1v) is 14.8. The Morgan fingerprint density at radius 3 is 1.30 bits per heavy atom. The van der Waals surface area contributed by atoms with Crippen molar-refractivity contribution in [3.63, 3.8) is 0 Å². The van der Waals surface area contributed by atoms with Crippen LogP contribution in [0.2, 0.25) is 0 Å². The standard InChI is InChI=1S/C18H10I6N2O7/c19-5-1-7(21)15(13(23)11(5)17(29)30)25-9(27)3-33-4-10(28)26-16-8(22)2-6(20)12(14(16)24)18(31)32/h1-2H,3-4H2,(H,25,27)(H,26,28)(H,29,30)(H,31,32)/i19+4,20+4,21+4,22+4,23+4,24+4. The fourth-order valence-electron chi connectivity index (χ4n) is 2.39. The number of carbonyl (C=O) groups excluding carboxylic acids is 2. The van der Waals surface area contributed by atoms with Gasteiger partial charge in [-0.2, -0.15) is 0 Å². The number of hydrogen-bond donors (Lipinski definition) is 4. The van der Waals surface area contributed by atoms with Gasteiger partial charge in [0.2, 0.25) is 11.8 Å². The van der Waals surface area contributed by atoms with Crippen molar-refractivity contribution in [3.05, 3.63) is 44.7 Å². The van der Waals surface area contributed by atoms with Crippen LogP contribution in [-0.2, 0) is 14.3 Å². The summed E-state index contributed by atoms with van der Waals surface area (Å²) in [6.07, 6.45) is 0. The molecule has 0 radical (unpaired) electrons. The lowest BCUT2D eigenvalue weighted by Gasteiger charge is -2.14. The Morgan fingerprint density at radius 1 is 0.667 bits per heavy atom. The van der Waals surface area contributed by atoms with Crippen molar-refractivity contribution in [2.24, 2.45) is 0 Å². The number of anilines is 2. The van der Waals surface area contributed by atoms with E-state index in [9.17, 15) is 29.4 Å². The van der Waals surface area contributed by atoms with Crippen molar-refractivity contribution in [2.45, 2.75) is 0 Å². The van der Waals surface area contributed by atoms with E-state index in [1.54, 1.807) is 12.1 Å². The van der Waals surface area contributed by atoms with Gasteiger partial charge in [0.1, 0.15) is 13.2 Å². The van der Waals surface area contributed by atoms with Gasteiger partial charge in [0.05, 0.1) is 29.6 Å². The van der Waals surface area contributed by atoms with Gasteiger partial charge in [-0.3, -0.25) is 9.59 Å². The Morgan fingerprint density at radius 2 is 1.00 bits per heavy atom. The third-order valence-corrected chi connectivity index (χ3v) is 9.32. The molecule has 2 amide bonds. The molecular weight excluding hydrogens is 1140 g/mol. The quantitative estimate of drug-likeness (QED) is 0.263. The Balaban J connectivity index is 2.02. The monoisotopic (exact) mass is 1150 g/mol. The van der Waals surface area contributed by atoms with Crippen molar-refractivity contribution in [2.75, 3.05) is 23.8 Å². The molecule has 0 fully saturated rings. The van der Waals surface area contributed by atoms with Crippen molar-refractivity contribution in [3.8, 4) is 0 Å². The molecule has 0 bridgehead atoms. The summed E-state index contributed by atoms with van der Waals surface area (Å²) in [5.74, 6) is -3.31. The first kappa shape index (κ1) is 29.9. The van der Waals surface area contributed by atoms with Crippen molar-refractivity contribution in [1.29, 1.82) is 0 Å². The lowest BCUT2D eigenvalue weighted by Crippen LogP contribution is -2.25. The van der Waals surface area contributed by atoms with Gasteiger partial charge in [-0.05, 0) is 148 Å². The second-order valence-corrected chi connectivity index (χ2v) is 12.8. The topological polar surface area (TPSA) is 142 Å². The molecule has 0 aliphatic rings. The number of carboxylic acids is 2. The summed E-state index contributed by atoms with van der Waals surface area (Å²) >= 11 is 11.6. The van der Waals surface area contributed by atoms with Gasteiger partial charge in [-0.1, -0.05) is 0 Å². The largest absolute Gasteiger partial charge is 0.478 e. The molecule has 33 heavy (non-hydrogen) atoms. The van der Waals surface area contributed by atoms with E-state index in [-0.39, 0.29) is 11.1 Å². The first-order chi connectivity index (χ1) is 15.3. The van der Waals surface area contributed by atoms with Crippen LogP contribution in [0.3, 0.4) is 0 Å². The van der Waals surface area contributed by atoms with Gasteiger partial charge in [-0.15, -0.1) is 0 Å². The summed E-state index contributed by atoms with van der Waals surface area (Å²) in [5, 5.41) is 24.0.